The lowest BCUT2D eigenvalue weighted by Gasteiger charge is -2.22. The summed E-state index contributed by atoms with van der Waals surface area (Å²) in [4.78, 5) is 35.4. The molecule has 2 aromatic carbocycles. The number of alkyl carbamates (subject to hydrolysis) is 1. The average Bonchev–Trinajstić information content (AvgIpc) is 2.67. The summed E-state index contributed by atoms with van der Waals surface area (Å²) in [5.74, 6) is 0.633. The lowest BCUT2D eigenvalue weighted by Crippen LogP contribution is -2.45. The Labute approximate surface area is 176 Å². The van der Waals surface area contributed by atoms with Crippen LogP contribution < -0.4 is 10.1 Å². The molecule has 0 spiro atoms. The van der Waals surface area contributed by atoms with Crippen LogP contribution in [0.5, 0.6) is 11.5 Å². The van der Waals surface area contributed by atoms with E-state index in [-0.39, 0.29) is 12.2 Å². The normalized spacial score (nSPS) is 11.9. The summed E-state index contributed by atoms with van der Waals surface area (Å²) in [5, 5.41) is 2.55. The van der Waals surface area contributed by atoms with Gasteiger partial charge in [0.05, 0.1) is 7.11 Å². The number of nitrogens with one attached hydrogen (secondary N) is 1. The first kappa shape index (κ1) is 22.9. The fourth-order valence-electron chi connectivity index (χ4n) is 2.61. The summed E-state index contributed by atoms with van der Waals surface area (Å²) >= 11 is 0. The van der Waals surface area contributed by atoms with Crippen LogP contribution in [0.1, 0.15) is 43.6 Å². The molecule has 0 radical (unpaired) electrons. The first-order valence-electron chi connectivity index (χ1n) is 9.52. The van der Waals surface area contributed by atoms with Crippen LogP contribution in [-0.2, 0) is 20.7 Å². The number of hydrogen-bond acceptors (Lipinski definition) is 6. The molecule has 7 heteroatoms. The number of carbonyl (C=O) groups is 3. The largest absolute Gasteiger partial charge is 0.467 e. The number of carbonyl (C=O) groups excluding carboxylic acids is 3. The number of Topliss-reactive ketones (excluding diaryl/α,β-unsaturated/α-hetero) is 1. The van der Waals surface area contributed by atoms with Crippen molar-refractivity contribution in [2.24, 2.45) is 0 Å². The van der Waals surface area contributed by atoms with E-state index in [0.29, 0.717) is 17.1 Å². The molecule has 1 N–H and O–H groups in total. The Balaban J connectivity index is 2.02. The van der Waals surface area contributed by atoms with Crippen molar-refractivity contribution in [2.75, 3.05) is 7.11 Å². The van der Waals surface area contributed by atoms with Gasteiger partial charge in [-0.25, -0.2) is 9.59 Å². The van der Waals surface area contributed by atoms with Crippen LogP contribution in [0, 0.1) is 0 Å². The molecule has 0 fully saturated rings. The molecule has 1 amide bonds. The second-order valence-corrected chi connectivity index (χ2v) is 7.75. The van der Waals surface area contributed by atoms with Crippen molar-refractivity contribution in [2.45, 2.75) is 45.8 Å². The van der Waals surface area contributed by atoms with Gasteiger partial charge in [-0.15, -0.1) is 0 Å². The second kappa shape index (κ2) is 9.91. The molecule has 7 nitrogen and oxygen atoms in total. The van der Waals surface area contributed by atoms with Gasteiger partial charge in [-0.05, 0) is 69.7 Å². The maximum atomic E-state index is 12.1. The molecule has 0 bridgehead atoms. The van der Waals surface area contributed by atoms with E-state index in [4.69, 9.17) is 14.2 Å². The highest BCUT2D eigenvalue weighted by Gasteiger charge is 2.25. The molecule has 0 aliphatic rings. The zero-order chi connectivity index (χ0) is 22.3. The van der Waals surface area contributed by atoms with E-state index in [0.717, 1.165) is 5.56 Å². The number of benzene rings is 2. The first-order chi connectivity index (χ1) is 14.1. The molecule has 0 aromatic heterocycles. The Bertz CT molecular complexity index is 881. The van der Waals surface area contributed by atoms with Crippen molar-refractivity contribution >= 4 is 17.8 Å². The number of esters is 1. The molecule has 0 heterocycles. The highest BCUT2D eigenvalue weighted by molar-refractivity contribution is 5.94. The monoisotopic (exact) mass is 413 g/mol. The van der Waals surface area contributed by atoms with Crippen LogP contribution in [0.4, 0.5) is 4.79 Å². The zero-order valence-corrected chi connectivity index (χ0v) is 17.9. The lowest BCUT2D eigenvalue weighted by molar-refractivity contribution is -0.143. The van der Waals surface area contributed by atoms with Crippen molar-refractivity contribution in [3.63, 3.8) is 0 Å². The van der Waals surface area contributed by atoms with Gasteiger partial charge in [0.2, 0.25) is 0 Å². The number of methoxy groups -OCH3 is 1. The molecule has 30 heavy (non-hydrogen) atoms. The second-order valence-electron chi connectivity index (χ2n) is 7.75. The summed E-state index contributed by atoms with van der Waals surface area (Å²) in [6.45, 7) is 6.73. The predicted molar refractivity (Wildman–Crippen MR) is 112 cm³/mol. The van der Waals surface area contributed by atoms with E-state index in [2.05, 4.69) is 5.32 Å². The van der Waals surface area contributed by atoms with Crippen molar-refractivity contribution < 1.29 is 28.6 Å². The fraction of sp³-hybridized carbons (Fsp3) is 0.348. The Morgan fingerprint density at radius 3 is 1.93 bits per heavy atom. The highest BCUT2D eigenvalue weighted by Crippen LogP contribution is 2.22. The number of ketones is 1. The smallest absolute Gasteiger partial charge is 0.408 e. The minimum Gasteiger partial charge on any atom is -0.467 e. The van der Waals surface area contributed by atoms with Crippen LogP contribution in [0.2, 0.25) is 0 Å². The van der Waals surface area contributed by atoms with Gasteiger partial charge in [0, 0.05) is 12.0 Å². The van der Waals surface area contributed by atoms with E-state index < -0.39 is 23.7 Å². The molecule has 2 rings (SSSR count). The zero-order valence-electron chi connectivity index (χ0n) is 17.9. The van der Waals surface area contributed by atoms with Crippen LogP contribution in [-0.4, -0.2) is 36.6 Å². The van der Waals surface area contributed by atoms with Crippen LogP contribution >= 0.6 is 0 Å². The highest BCUT2D eigenvalue weighted by atomic mass is 16.6. The van der Waals surface area contributed by atoms with Gasteiger partial charge in [0.15, 0.2) is 5.78 Å². The molecular weight excluding hydrogens is 386 g/mol. The lowest BCUT2D eigenvalue weighted by atomic mass is 10.1. The van der Waals surface area contributed by atoms with Crippen molar-refractivity contribution in [3.05, 3.63) is 59.7 Å². The van der Waals surface area contributed by atoms with Gasteiger partial charge < -0.3 is 19.5 Å². The molecule has 2 aromatic rings. The van der Waals surface area contributed by atoms with Crippen LogP contribution in [0.15, 0.2) is 48.5 Å². The van der Waals surface area contributed by atoms with Gasteiger partial charge >= 0.3 is 12.1 Å². The van der Waals surface area contributed by atoms with Gasteiger partial charge in [0.1, 0.15) is 23.1 Å². The third kappa shape index (κ3) is 7.24. The average molecular weight is 413 g/mol. The summed E-state index contributed by atoms with van der Waals surface area (Å²) in [6.07, 6.45) is -0.452. The molecule has 0 aliphatic heterocycles. The topological polar surface area (TPSA) is 90.9 Å². The number of amides is 1. The summed E-state index contributed by atoms with van der Waals surface area (Å²) in [7, 11) is 1.26. The van der Waals surface area contributed by atoms with Gasteiger partial charge in [-0.2, -0.15) is 0 Å². The standard InChI is InChI=1S/C23H27NO6/c1-15(25)17-8-12-19(13-9-17)29-18-10-6-16(7-11-18)14-20(21(26)28-5)24-22(27)30-23(2,3)4/h6-13,20H,14H2,1-5H3,(H,24,27)/t20-/m0/s1. The SMILES string of the molecule is COC(=O)[C@H](Cc1ccc(Oc2ccc(C(C)=O)cc2)cc1)NC(=O)OC(C)(C)C. The molecular formula is C23H27NO6. The van der Waals surface area contributed by atoms with E-state index in [1.54, 1.807) is 69.3 Å². The minimum absolute atomic E-state index is 0.00828. The third-order valence-corrected chi connectivity index (χ3v) is 4.04. The van der Waals surface area contributed by atoms with E-state index in [1.807, 2.05) is 0 Å². The van der Waals surface area contributed by atoms with E-state index in [9.17, 15) is 14.4 Å². The summed E-state index contributed by atoms with van der Waals surface area (Å²) < 4.78 is 15.8. The number of rotatable bonds is 7. The van der Waals surface area contributed by atoms with E-state index >= 15 is 0 Å². The summed E-state index contributed by atoms with van der Waals surface area (Å²) in [6, 6.07) is 13.1. The Kier molecular flexibility index (Phi) is 7.58. The van der Waals surface area contributed by atoms with E-state index in [1.165, 1.54) is 14.0 Å². The molecule has 0 saturated heterocycles. The maximum absolute atomic E-state index is 12.1. The molecule has 0 unspecified atom stereocenters. The molecule has 0 saturated carbocycles. The van der Waals surface area contributed by atoms with Crippen molar-refractivity contribution in [1.29, 1.82) is 0 Å². The number of hydrogen-bond donors (Lipinski definition) is 1. The van der Waals surface area contributed by atoms with Crippen molar-refractivity contribution in [1.82, 2.24) is 5.32 Å². The number of ether oxygens (including phenoxy) is 3. The van der Waals surface area contributed by atoms with Gasteiger partial charge in [0.25, 0.3) is 0 Å². The summed E-state index contributed by atoms with van der Waals surface area (Å²) in [5.41, 5.74) is 0.747. The quantitative estimate of drug-likeness (QED) is 0.538. The first-order valence-corrected chi connectivity index (χ1v) is 9.52. The fourth-order valence-corrected chi connectivity index (χ4v) is 2.61. The third-order valence-electron chi connectivity index (χ3n) is 4.04. The molecule has 160 valence electrons. The maximum Gasteiger partial charge on any atom is 0.408 e. The van der Waals surface area contributed by atoms with Gasteiger partial charge in [-0.3, -0.25) is 4.79 Å². The minimum atomic E-state index is -0.879. The van der Waals surface area contributed by atoms with Crippen molar-refractivity contribution in [3.8, 4) is 11.5 Å². The Morgan fingerprint density at radius 2 is 1.47 bits per heavy atom. The Hall–Kier alpha value is -3.35. The predicted octanol–water partition coefficient (Wildman–Crippen LogP) is 4.29. The molecule has 0 aliphatic carbocycles. The van der Waals surface area contributed by atoms with Crippen LogP contribution in [0.25, 0.3) is 0 Å². The Morgan fingerprint density at radius 1 is 0.933 bits per heavy atom. The van der Waals surface area contributed by atoms with Crippen LogP contribution in [0.3, 0.4) is 0 Å². The molecule has 1 atom stereocenters. The van der Waals surface area contributed by atoms with Gasteiger partial charge in [-0.1, -0.05) is 12.1 Å².